The van der Waals surface area contributed by atoms with Crippen molar-refractivity contribution in [3.8, 4) is 5.75 Å². The lowest BCUT2D eigenvalue weighted by Gasteiger charge is -2.23. The molecule has 1 aliphatic rings. The highest BCUT2D eigenvalue weighted by atomic mass is 16.5. The van der Waals surface area contributed by atoms with Gasteiger partial charge in [-0.25, -0.2) is 0 Å². The Kier molecular flexibility index (Phi) is 5.25. The van der Waals surface area contributed by atoms with E-state index in [9.17, 15) is 10.2 Å². The van der Waals surface area contributed by atoms with Crippen LogP contribution in [-0.4, -0.2) is 35.0 Å². The summed E-state index contributed by atoms with van der Waals surface area (Å²) in [4.78, 5) is 0. The van der Waals surface area contributed by atoms with E-state index in [2.05, 4.69) is 19.2 Å². The molecule has 1 aromatic rings. The minimum Gasteiger partial charge on any atom is -0.491 e. The van der Waals surface area contributed by atoms with Gasteiger partial charge in [0, 0.05) is 17.6 Å². The largest absolute Gasteiger partial charge is 0.491 e. The second-order valence-corrected chi connectivity index (χ2v) is 6.32. The van der Waals surface area contributed by atoms with Crippen LogP contribution in [0.25, 0.3) is 0 Å². The summed E-state index contributed by atoms with van der Waals surface area (Å²) in [6.45, 7) is 8.33. The van der Waals surface area contributed by atoms with Gasteiger partial charge in [0.05, 0.1) is 6.10 Å². The van der Waals surface area contributed by atoms with Gasteiger partial charge in [-0.2, -0.15) is 0 Å². The maximum atomic E-state index is 10.1. The van der Waals surface area contributed by atoms with Gasteiger partial charge >= 0.3 is 0 Å². The quantitative estimate of drug-likeness (QED) is 0.752. The highest BCUT2D eigenvalue weighted by Crippen LogP contribution is 2.39. The van der Waals surface area contributed by atoms with Crippen LogP contribution >= 0.6 is 0 Å². The Labute approximate surface area is 127 Å². The van der Waals surface area contributed by atoms with Gasteiger partial charge in [0.1, 0.15) is 18.5 Å². The van der Waals surface area contributed by atoms with E-state index in [0.29, 0.717) is 6.04 Å². The van der Waals surface area contributed by atoms with E-state index < -0.39 is 6.10 Å². The molecule has 0 saturated heterocycles. The Hall–Kier alpha value is -1.10. The molecule has 1 aromatic carbocycles. The second-order valence-electron chi connectivity index (χ2n) is 6.32. The molecular weight excluding hydrogens is 266 g/mol. The number of aliphatic hydroxyl groups excluding tert-OH is 2. The lowest BCUT2D eigenvalue weighted by Crippen LogP contribution is -2.43. The Morgan fingerprint density at radius 2 is 2.05 bits per heavy atom. The van der Waals surface area contributed by atoms with Crippen molar-refractivity contribution in [2.75, 3.05) is 6.61 Å². The van der Waals surface area contributed by atoms with E-state index in [4.69, 9.17) is 4.74 Å². The van der Waals surface area contributed by atoms with Crippen LogP contribution in [0.1, 0.15) is 50.0 Å². The van der Waals surface area contributed by atoms with Crippen molar-refractivity contribution < 1.29 is 14.9 Å². The molecule has 0 aromatic heterocycles. The van der Waals surface area contributed by atoms with E-state index in [1.165, 1.54) is 0 Å². The molecule has 0 bridgehead atoms. The molecule has 3 N–H and O–H groups in total. The molecule has 3 atom stereocenters. The number of hydrogen-bond donors (Lipinski definition) is 3. The van der Waals surface area contributed by atoms with Crippen molar-refractivity contribution in [3.63, 3.8) is 0 Å². The third kappa shape index (κ3) is 3.76. The fraction of sp³-hybridized carbons (Fsp3) is 0.647. The van der Waals surface area contributed by atoms with E-state index in [1.54, 1.807) is 0 Å². The summed E-state index contributed by atoms with van der Waals surface area (Å²) in [7, 11) is 0. The predicted molar refractivity (Wildman–Crippen MR) is 83.7 cm³/mol. The average molecular weight is 293 g/mol. The molecule has 21 heavy (non-hydrogen) atoms. The Morgan fingerprint density at radius 1 is 1.33 bits per heavy atom. The van der Waals surface area contributed by atoms with Crippen LogP contribution in [0.4, 0.5) is 0 Å². The summed E-state index contributed by atoms with van der Waals surface area (Å²) in [5.41, 5.74) is 3.22. The molecule has 0 amide bonds. The van der Waals surface area contributed by atoms with Crippen molar-refractivity contribution in [3.05, 3.63) is 28.8 Å². The molecule has 1 aliphatic carbocycles. The second kappa shape index (κ2) is 6.77. The van der Waals surface area contributed by atoms with Crippen LogP contribution in [0.3, 0.4) is 0 Å². The molecule has 2 rings (SSSR count). The first-order chi connectivity index (χ1) is 9.90. The van der Waals surface area contributed by atoms with Gasteiger partial charge in [-0.3, -0.25) is 0 Å². The molecule has 4 nitrogen and oxygen atoms in total. The Morgan fingerprint density at radius 3 is 2.71 bits per heavy atom. The summed E-state index contributed by atoms with van der Waals surface area (Å²) in [5, 5.41) is 23.5. The molecule has 0 unspecified atom stereocenters. The van der Waals surface area contributed by atoms with E-state index in [0.717, 1.165) is 35.3 Å². The summed E-state index contributed by atoms with van der Waals surface area (Å²) in [5.74, 6) is 0.794. The molecule has 0 fully saturated rings. The van der Waals surface area contributed by atoms with Crippen molar-refractivity contribution in [2.45, 2.75) is 64.8 Å². The number of hydrogen-bond acceptors (Lipinski definition) is 4. The lowest BCUT2D eigenvalue weighted by molar-refractivity contribution is 0.0755. The number of nitrogens with one attached hydrogen (secondary N) is 1. The summed E-state index contributed by atoms with van der Waals surface area (Å²) in [6.07, 6.45) is 0.652. The van der Waals surface area contributed by atoms with Crippen LogP contribution in [0, 0.1) is 6.92 Å². The third-order valence-corrected chi connectivity index (χ3v) is 4.12. The van der Waals surface area contributed by atoms with Crippen molar-refractivity contribution in [1.82, 2.24) is 5.32 Å². The molecule has 0 radical (unpaired) electrons. The SMILES string of the molecule is Cc1ccc(OC[C@@H](O)[C@H](C)NC(C)C)c2c1[C@@H](O)CC2. The zero-order valence-electron chi connectivity index (χ0n) is 13.4. The molecule has 0 aliphatic heterocycles. The van der Waals surface area contributed by atoms with Crippen LogP contribution < -0.4 is 10.1 Å². The number of benzene rings is 1. The molecule has 118 valence electrons. The van der Waals surface area contributed by atoms with Gasteiger partial charge in [-0.05, 0) is 43.9 Å². The summed E-state index contributed by atoms with van der Waals surface area (Å²) in [6, 6.07) is 4.23. The van der Waals surface area contributed by atoms with Crippen molar-refractivity contribution in [2.24, 2.45) is 0 Å². The van der Waals surface area contributed by atoms with Gasteiger partial charge in [-0.1, -0.05) is 19.9 Å². The number of aliphatic hydroxyl groups is 2. The maximum absolute atomic E-state index is 10.1. The third-order valence-electron chi connectivity index (χ3n) is 4.12. The normalized spacial score (nSPS) is 20.4. The van der Waals surface area contributed by atoms with Crippen molar-refractivity contribution in [1.29, 1.82) is 0 Å². The zero-order chi connectivity index (χ0) is 15.6. The first kappa shape index (κ1) is 16.3. The molecule has 0 heterocycles. The highest BCUT2D eigenvalue weighted by molar-refractivity contribution is 5.48. The lowest BCUT2D eigenvalue weighted by atomic mass is 10.0. The average Bonchev–Trinajstić information content (AvgIpc) is 2.80. The molecular formula is C17H27NO3. The molecule has 0 saturated carbocycles. The first-order valence-corrected chi connectivity index (χ1v) is 7.77. The smallest absolute Gasteiger partial charge is 0.123 e. The predicted octanol–water partition coefficient (Wildman–Crippen LogP) is 2.10. The fourth-order valence-corrected chi connectivity index (χ4v) is 3.00. The number of aryl methyl sites for hydroxylation is 1. The topological polar surface area (TPSA) is 61.7 Å². The number of rotatable bonds is 6. The monoisotopic (exact) mass is 293 g/mol. The van der Waals surface area contributed by atoms with Gasteiger partial charge in [0.15, 0.2) is 0 Å². The van der Waals surface area contributed by atoms with Gasteiger partial charge in [0.25, 0.3) is 0 Å². The van der Waals surface area contributed by atoms with Gasteiger partial charge < -0.3 is 20.3 Å². The highest BCUT2D eigenvalue weighted by Gasteiger charge is 2.26. The van der Waals surface area contributed by atoms with Gasteiger partial charge in [0.2, 0.25) is 0 Å². The summed E-state index contributed by atoms with van der Waals surface area (Å²) < 4.78 is 5.82. The summed E-state index contributed by atoms with van der Waals surface area (Å²) >= 11 is 0. The van der Waals surface area contributed by atoms with Crippen LogP contribution in [0.5, 0.6) is 5.75 Å². The van der Waals surface area contributed by atoms with Crippen LogP contribution in [0.15, 0.2) is 12.1 Å². The van der Waals surface area contributed by atoms with Crippen LogP contribution in [0.2, 0.25) is 0 Å². The number of fused-ring (bicyclic) bond motifs is 1. The fourth-order valence-electron chi connectivity index (χ4n) is 3.00. The maximum Gasteiger partial charge on any atom is 0.123 e. The minimum atomic E-state index is -0.560. The standard InChI is InChI=1S/C17H27NO3/c1-10(2)18-12(4)15(20)9-21-16-8-5-11(3)17-13(16)6-7-14(17)19/h5,8,10,12,14-15,18-20H,6-7,9H2,1-4H3/t12-,14-,15+/m0/s1. The molecule has 0 spiro atoms. The minimum absolute atomic E-state index is 0.0194. The zero-order valence-corrected chi connectivity index (χ0v) is 13.4. The molecule has 4 heteroatoms. The van der Waals surface area contributed by atoms with E-state index >= 15 is 0 Å². The van der Waals surface area contributed by atoms with Gasteiger partial charge in [-0.15, -0.1) is 0 Å². The van der Waals surface area contributed by atoms with E-state index in [-0.39, 0.29) is 18.8 Å². The first-order valence-electron chi connectivity index (χ1n) is 7.77. The Bertz CT molecular complexity index is 487. The van der Waals surface area contributed by atoms with Crippen molar-refractivity contribution >= 4 is 0 Å². The number of ether oxygens (including phenoxy) is 1. The Balaban J connectivity index is 2.02. The van der Waals surface area contributed by atoms with E-state index in [1.807, 2.05) is 26.0 Å². The van der Waals surface area contributed by atoms with Crippen LogP contribution in [-0.2, 0) is 6.42 Å².